The van der Waals surface area contributed by atoms with Gasteiger partial charge in [-0.25, -0.2) is 4.79 Å². The molecule has 0 spiro atoms. The van der Waals surface area contributed by atoms with Gasteiger partial charge in [-0.15, -0.1) is 0 Å². The number of benzene rings is 1. The van der Waals surface area contributed by atoms with E-state index < -0.39 is 6.10 Å². The molecule has 22 heavy (non-hydrogen) atoms. The van der Waals surface area contributed by atoms with E-state index in [2.05, 4.69) is 15.5 Å². The molecule has 1 heterocycles. The molecule has 2 amide bonds. The molecule has 1 aliphatic rings. The summed E-state index contributed by atoms with van der Waals surface area (Å²) in [5, 5.41) is 16.5. The van der Waals surface area contributed by atoms with Crippen LogP contribution in [-0.2, 0) is 0 Å². The van der Waals surface area contributed by atoms with E-state index in [0.29, 0.717) is 24.0 Å². The van der Waals surface area contributed by atoms with Gasteiger partial charge in [-0.2, -0.15) is 4.98 Å². The standard InChI is InChI=1S/C15H18N4O3/c1-19(8-13(20)10-5-6-10)15(21)17-12-4-2-3-11(7-12)14-16-9-22-18-14/h2-4,7,9-10,13,20H,5-6,8H2,1H3,(H,17,21)/t13-/m0/s1. The van der Waals surface area contributed by atoms with Crippen molar-refractivity contribution in [1.29, 1.82) is 0 Å². The van der Waals surface area contributed by atoms with Gasteiger partial charge in [-0.1, -0.05) is 17.3 Å². The van der Waals surface area contributed by atoms with E-state index in [0.717, 1.165) is 18.4 Å². The largest absolute Gasteiger partial charge is 0.391 e. The lowest BCUT2D eigenvalue weighted by Crippen LogP contribution is -2.38. The molecule has 1 aliphatic carbocycles. The summed E-state index contributed by atoms with van der Waals surface area (Å²) < 4.78 is 4.72. The Morgan fingerprint density at radius 1 is 1.55 bits per heavy atom. The summed E-state index contributed by atoms with van der Waals surface area (Å²) in [6.45, 7) is 0.334. The number of carbonyl (C=O) groups is 1. The lowest BCUT2D eigenvalue weighted by Gasteiger charge is -2.21. The fourth-order valence-corrected chi connectivity index (χ4v) is 2.25. The SMILES string of the molecule is CN(C[C@H](O)C1CC1)C(=O)Nc1cccc(-c2ncon2)c1. The van der Waals surface area contributed by atoms with Crippen LogP contribution in [-0.4, -0.2) is 45.9 Å². The highest BCUT2D eigenvalue weighted by Crippen LogP contribution is 2.32. The van der Waals surface area contributed by atoms with Crippen LogP contribution in [0.15, 0.2) is 35.2 Å². The molecule has 116 valence electrons. The number of nitrogens with zero attached hydrogens (tertiary/aromatic N) is 3. The topological polar surface area (TPSA) is 91.5 Å². The Kier molecular flexibility index (Phi) is 4.06. The summed E-state index contributed by atoms with van der Waals surface area (Å²) in [7, 11) is 1.67. The molecule has 1 saturated carbocycles. The number of carbonyl (C=O) groups excluding carboxylic acids is 1. The Morgan fingerprint density at radius 2 is 2.36 bits per heavy atom. The number of hydrogen-bond acceptors (Lipinski definition) is 5. The second kappa shape index (κ2) is 6.15. The highest BCUT2D eigenvalue weighted by atomic mass is 16.5. The van der Waals surface area contributed by atoms with E-state index in [1.807, 2.05) is 6.07 Å². The van der Waals surface area contributed by atoms with Crippen molar-refractivity contribution in [3.05, 3.63) is 30.7 Å². The van der Waals surface area contributed by atoms with Gasteiger partial charge in [0, 0.05) is 24.8 Å². The molecule has 1 aromatic carbocycles. The number of nitrogens with one attached hydrogen (secondary N) is 1. The number of amides is 2. The highest BCUT2D eigenvalue weighted by Gasteiger charge is 2.31. The zero-order valence-corrected chi connectivity index (χ0v) is 12.3. The molecule has 1 aromatic heterocycles. The molecular weight excluding hydrogens is 284 g/mol. The average Bonchev–Trinajstić information content (AvgIpc) is 3.22. The number of hydrogen-bond donors (Lipinski definition) is 2. The molecule has 1 fully saturated rings. The lowest BCUT2D eigenvalue weighted by molar-refractivity contribution is 0.117. The molecular formula is C15H18N4O3. The Balaban J connectivity index is 1.62. The Morgan fingerprint density at radius 3 is 3.05 bits per heavy atom. The smallest absolute Gasteiger partial charge is 0.321 e. The maximum atomic E-state index is 12.1. The van der Waals surface area contributed by atoms with Crippen molar-refractivity contribution in [2.45, 2.75) is 18.9 Å². The van der Waals surface area contributed by atoms with Crippen molar-refractivity contribution in [3.63, 3.8) is 0 Å². The predicted molar refractivity (Wildman–Crippen MR) is 80.1 cm³/mol. The van der Waals surface area contributed by atoms with Crippen LogP contribution < -0.4 is 5.32 Å². The molecule has 7 heteroatoms. The molecule has 1 atom stereocenters. The number of urea groups is 1. The molecule has 0 saturated heterocycles. The van der Waals surface area contributed by atoms with Crippen molar-refractivity contribution in [3.8, 4) is 11.4 Å². The van der Waals surface area contributed by atoms with E-state index in [9.17, 15) is 9.90 Å². The van der Waals surface area contributed by atoms with E-state index in [1.165, 1.54) is 11.3 Å². The van der Waals surface area contributed by atoms with E-state index in [4.69, 9.17) is 4.52 Å². The summed E-state index contributed by atoms with van der Waals surface area (Å²) in [4.78, 5) is 17.6. The molecule has 2 N–H and O–H groups in total. The lowest BCUT2D eigenvalue weighted by atomic mass is 10.2. The number of aliphatic hydroxyl groups is 1. The van der Waals surface area contributed by atoms with Crippen LogP contribution in [0.2, 0.25) is 0 Å². The first-order valence-electron chi connectivity index (χ1n) is 7.20. The second-order valence-corrected chi connectivity index (χ2v) is 5.55. The maximum absolute atomic E-state index is 12.1. The van der Waals surface area contributed by atoms with Gasteiger partial charge in [0.15, 0.2) is 0 Å². The second-order valence-electron chi connectivity index (χ2n) is 5.55. The van der Waals surface area contributed by atoms with E-state index in [1.54, 1.807) is 25.2 Å². The number of likely N-dealkylation sites (N-methyl/N-ethyl adjacent to an activating group) is 1. The van der Waals surface area contributed by atoms with Gasteiger partial charge in [-0.3, -0.25) is 0 Å². The number of anilines is 1. The number of rotatable bonds is 5. The molecule has 0 aliphatic heterocycles. The Bertz CT molecular complexity index is 640. The first-order chi connectivity index (χ1) is 10.6. The van der Waals surface area contributed by atoms with Crippen molar-refractivity contribution in [1.82, 2.24) is 15.0 Å². The van der Waals surface area contributed by atoms with E-state index in [-0.39, 0.29) is 6.03 Å². The van der Waals surface area contributed by atoms with Crippen LogP contribution in [0.1, 0.15) is 12.8 Å². The highest BCUT2D eigenvalue weighted by molar-refractivity contribution is 5.89. The van der Waals surface area contributed by atoms with Gasteiger partial charge in [0.05, 0.1) is 6.10 Å². The summed E-state index contributed by atoms with van der Waals surface area (Å²) in [5.41, 5.74) is 1.40. The third-order valence-electron chi connectivity index (χ3n) is 3.71. The van der Waals surface area contributed by atoms with E-state index >= 15 is 0 Å². The van der Waals surface area contributed by atoms with Crippen LogP contribution in [0.25, 0.3) is 11.4 Å². The Hall–Kier alpha value is -2.41. The quantitative estimate of drug-likeness (QED) is 0.881. The molecule has 0 bridgehead atoms. The number of aromatic nitrogens is 2. The van der Waals surface area contributed by atoms with Crippen LogP contribution in [0.4, 0.5) is 10.5 Å². The minimum absolute atomic E-state index is 0.259. The minimum Gasteiger partial charge on any atom is -0.391 e. The van der Waals surface area contributed by atoms with Crippen molar-refractivity contribution in [2.75, 3.05) is 18.9 Å². The molecule has 2 aromatic rings. The zero-order chi connectivity index (χ0) is 15.5. The number of aliphatic hydroxyl groups excluding tert-OH is 1. The van der Waals surface area contributed by atoms with Gasteiger partial charge in [0.25, 0.3) is 0 Å². The first kappa shape index (κ1) is 14.5. The molecule has 0 unspecified atom stereocenters. The van der Waals surface area contributed by atoms with Crippen molar-refractivity contribution < 1.29 is 14.4 Å². The average molecular weight is 302 g/mol. The fourth-order valence-electron chi connectivity index (χ4n) is 2.25. The minimum atomic E-state index is -0.443. The third kappa shape index (κ3) is 3.43. The van der Waals surface area contributed by atoms with Gasteiger partial charge in [0.2, 0.25) is 12.2 Å². The van der Waals surface area contributed by atoms with Gasteiger partial charge < -0.3 is 19.8 Å². The maximum Gasteiger partial charge on any atom is 0.321 e. The zero-order valence-electron chi connectivity index (χ0n) is 12.3. The normalized spacial score (nSPS) is 15.4. The van der Waals surface area contributed by atoms with Crippen LogP contribution in [0.3, 0.4) is 0 Å². The summed E-state index contributed by atoms with van der Waals surface area (Å²) in [6, 6.07) is 6.94. The van der Waals surface area contributed by atoms with Crippen molar-refractivity contribution >= 4 is 11.7 Å². The summed E-state index contributed by atoms with van der Waals surface area (Å²) in [6.07, 6.45) is 2.90. The summed E-state index contributed by atoms with van der Waals surface area (Å²) >= 11 is 0. The van der Waals surface area contributed by atoms with Gasteiger partial charge in [-0.05, 0) is 30.9 Å². The molecule has 7 nitrogen and oxygen atoms in total. The third-order valence-corrected chi connectivity index (χ3v) is 3.71. The predicted octanol–water partition coefficient (Wildman–Crippen LogP) is 1.97. The van der Waals surface area contributed by atoms with Crippen LogP contribution in [0, 0.1) is 5.92 Å². The molecule has 0 radical (unpaired) electrons. The van der Waals surface area contributed by atoms with Gasteiger partial charge >= 0.3 is 6.03 Å². The van der Waals surface area contributed by atoms with Crippen molar-refractivity contribution in [2.24, 2.45) is 5.92 Å². The Labute approximate surface area is 127 Å². The van der Waals surface area contributed by atoms with Crippen LogP contribution >= 0.6 is 0 Å². The fraction of sp³-hybridized carbons (Fsp3) is 0.400. The molecule has 3 rings (SSSR count). The van der Waals surface area contributed by atoms with Gasteiger partial charge in [0.1, 0.15) is 0 Å². The summed E-state index contributed by atoms with van der Waals surface area (Å²) in [5.74, 6) is 0.811. The first-order valence-corrected chi connectivity index (χ1v) is 7.20. The van der Waals surface area contributed by atoms with Crippen LogP contribution in [0.5, 0.6) is 0 Å². The monoisotopic (exact) mass is 302 g/mol.